The first-order chi connectivity index (χ1) is 16.6. The van der Waals surface area contributed by atoms with Crippen LogP contribution in [0.25, 0.3) is 0 Å². The zero-order chi connectivity index (χ0) is 25.4. The number of alkyl halides is 3. The highest BCUT2D eigenvalue weighted by atomic mass is 19.4. The lowest BCUT2D eigenvalue weighted by atomic mass is 10.1. The average molecular weight is 488 g/mol. The number of rotatable bonds is 9. The maximum Gasteiger partial charge on any atom is 0.573 e. The lowest BCUT2D eigenvalue weighted by Crippen LogP contribution is -2.24. The van der Waals surface area contributed by atoms with Gasteiger partial charge in [-0.3, -0.25) is 0 Å². The van der Waals surface area contributed by atoms with Gasteiger partial charge in [0.1, 0.15) is 23.7 Å². The molecule has 0 fully saturated rings. The van der Waals surface area contributed by atoms with E-state index in [2.05, 4.69) is 20.0 Å². The summed E-state index contributed by atoms with van der Waals surface area (Å²) in [6.45, 7) is 1.77. The van der Waals surface area contributed by atoms with Crippen molar-refractivity contribution in [2.75, 3.05) is 5.32 Å². The maximum atomic E-state index is 12.2. The fraction of sp³-hybridized carbons (Fsp3) is 0.167. The Labute approximate surface area is 199 Å². The number of hydrogen-bond donors (Lipinski definition) is 4. The molecule has 0 amide bonds. The van der Waals surface area contributed by atoms with E-state index < -0.39 is 18.9 Å². The number of aliphatic imine (C=N–C) groups is 2. The minimum Gasteiger partial charge on any atom is -0.508 e. The molecule has 2 atom stereocenters. The summed E-state index contributed by atoms with van der Waals surface area (Å²) in [5.41, 5.74) is 8.26. The van der Waals surface area contributed by atoms with Gasteiger partial charge in [0, 0.05) is 11.3 Å². The summed E-state index contributed by atoms with van der Waals surface area (Å²) < 4.78 is 45.9. The maximum absolute atomic E-state index is 12.2. The molecule has 3 rings (SSSR count). The first-order valence-electron chi connectivity index (χ1n) is 10.3. The number of phenols is 1. The van der Waals surface area contributed by atoms with Crippen LogP contribution < -0.4 is 15.8 Å². The van der Waals surface area contributed by atoms with Crippen molar-refractivity contribution in [3.05, 3.63) is 83.9 Å². The van der Waals surface area contributed by atoms with Gasteiger partial charge in [-0.25, -0.2) is 9.98 Å². The number of halogens is 3. The molecule has 184 valence electrons. The molecule has 0 radical (unpaired) electrons. The molecule has 2 unspecified atom stereocenters. The first-order valence-corrected chi connectivity index (χ1v) is 10.3. The molecular formula is C24H23F3N4O4. The number of anilines is 1. The van der Waals surface area contributed by atoms with Crippen molar-refractivity contribution < 1.29 is 32.9 Å². The fourth-order valence-corrected chi connectivity index (χ4v) is 2.90. The van der Waals surface area contributed by atoms with E-state index in [9.17, 15) is 23.4 Å². The van der Waals surface area contributed by atoms with Crippen LogP contribution in [-0.2, 0) is 4.74 Å². The van der Waals surface area contributed by atoms with E-state index in [1.165, 1.54) is 30.6 Å². The normalized spacial score (nSPS) is 14.0. The van der Waals surface area contributed by atoms with Gasteiger partial charge in [-0.05, 0) is 73.2 Å². The summed E-state index contributed by atoms with van der Waals surface area (Å²) in [5.74, 6) is -0.0454. The standard InChI is InChI=1S/C24H23F3N4O4/c1-15(16-4-10-20(32)11-5-16)34-23(33)31-19-6-2-17(3-7-19)22(28)30-14-29-18-8-12-21(13-9-18)35-24(25,26)27/h2-15,23,31-33H,1H3,(H2,28,29,30). The van der Waals surface area contributed by atoms with Crippen LogP contribution in [0.2, 0.25) is 0 Å². The topological polar surface area (TPSA) is 122 Å². The minimum absolute atomic E-state index is 0.141. The first kappa shape index (κ1) is 25.5. The van der Waals surface area contributed by atoms with Gasteiger partial charge in [0.25, 0.3) is 0 Å². The lowest BCUT2D eigenvalue weighted by Gasteiger charge is -2.20. The van der Waals surface area contributed by atoms with Crippen LogP contribution in [-0.4, -0.2) is 35.2 Å². The van der Waals surface area contributed by atoms with E-state index in [0.29, 0.717) is 16.9 Å². The molecule has 0 saturated heterocycles. The molecule has 0 aromatic heterocycles. The Morgan fingerprint density at radius 1 is 1.00 bits per heavy atom. The Hall–Kier alpha value is -4.09. The molecule has 0 aliphatic carbocycles. The smallest absolute Gasteiger partial charge is 0.508 e. The highest BCUT2D eigenvalue weighted by Gasteiger charge is 2.30. The van der Waals surface area contributed by atoms with Crippen molar-refractivity contribution >= 4 is 23.5 Å². The number of phenolic OH excluding ortho intramolecular Hbond substituents is 1. The Bertz CT molecular complexity index is 1150. The Balaban J connectivity index is 1.53. The summed E-state index contributed by atoms with van der Waals surface area (Å²) in [4.78, 5) is 8.04. The van der Waals surface area contributed by atoms with Crippen LogP contribution in [0.5, 0.6) is 11.5 Å². The summed E-state index contributed by atoms with van der Waals surface area (Å²) in [6.07, 6.45) is -5.28. The molecule has 3 aromatic carbocycles. The zero-order valence-electron chi connectivity index (χ0n) is 18.5. The van der Waals surface area contributed by atoms with Gasteiger partial charge in [0.15, 0.2) is 0 Å². The predicted octanol–water partition coefficient (Wildman–Crippen LogP) is 4.82. The number of nitrogens with two attached hydrogens (primary N) is 1. The number of hydrogen-bond acceptors (Lipinski definition) is 6. The van der Waals surface area contributed by atoms with Crippen LogP contribution in [0, 0.1) is 0 Å². The van der Waals surface area contributed by atoms with Crippen LogP contribution in [0.1, 0.15) is 24.2 Å². The summed E-state index contributed by atoms with van der Waals surface area (Å²) in [6, 6.07) is 18.1. The van der Waals surface area contributed by atoms with Gasteiger partial charge < -0.3 is 30.7 Å². The molecule has 0 saturated carbocycles. The van der Waals surface area contributed by atoms with Gasteiger partial charge in [-0.2, -0.15) is 0 Å². The number of nitrogens with zero attached hydrogens (tertiary/aromatic N) is 2. The van der Waals surface area contributed by atoms with Gasteiger partial charge in [0.2, 0.25) is 6.41 Å². The van der Waals surface area contributed by atoms with Crippen molar-refractivity contribution in [2.24, 2.45) is 15.7 Å². The third-order valence-corrected chi connectivity index (χ3v) is 4.64. The lowest BCUT2D eigenvalue weighted by molar-refractivity contribution is -0.274. The Kier molecular flexibility index (Phi) is 8.29. The third-order valence-electron chi connectivity index (χ3n) is 4.64. The second-order valence-electron chi connectivity index (χ2n) is 7.24. The third kappa shape index (κ3) is 8.32. The monoisotopic (exact) mass is 488 g/mol. The van der Waals surface area contributed by atoms with E-state index in [-0.39, 0.29) is 17.3 Å². The predicted molar refractivity (Wildman–Crippen MR) is 126 cm³/mol. The van der Waals surface area contributed by atoms with Gasteiger partial charge in [-0.15, -0.1) is 13.2 Å². The van der Waals surface area contributed by atoms with Crippen molar-refractivity contribution in [1.82, 2.24) is 0 Å². The second kappa shape index (κ2) is 11.4. The number of ether oxygens (including phenoxy) is 2. The second-order valence-corrected chi connectivity index (χ2v) is 7.24. The van der Waals surface area contributed by atoms with Crippen molar-refractivity contribution in [3.8, 4) is 11.5 Å². The van der Waals surface area contributed by atoms with E-state index in [1.54, 1.807) is 43.3 Å². The van der Waals surface area contributed by atoms with Crippen molar-refractivity contribution in [1.29, 1.82) is 0 Å². The Morgan fingerprint density at radius 3 is 2.23 bits per heavy atom. The van der Waals surface area contributed by atoms with Crippen molar-refractivity contribution in [2.45, 2.75) is 25.8 Å². The summed E-state index contributed by atoms with van der Waals surface area (Å²) >= 11 is 0. The van der Waals surface area contributed by atoms with E-state index in [0.717, 1.165) is 17.7 Å². The average Bonchev–Trinajstić information content (AvgIpc) is 2.80. The minimum atomic E-state index is -4.76. The molecule has 8 nitrogen and oxygen atoms in total. The van der Waals surface area contributed by atoms with Crippen LogP contribution in [0.3, 0.4) is 0 Å². The van der Waals surface area contributed by atoms with Crippen molar-refractivity contribution in [3.63, 3.8) is 0 Å². The van der Waals surface area contributed by atoms with E-state index >= 15 is 0 Å². The molecule has 0 spiro atoms. The Morgan fingerprint density at radius 2 is 1.63 bits per heavy atom. The fourth-order valence-electron chi connectivity index (χ4n) is 2.90. The number of aliphatic hydroxyl groups excluding tert-OH is 1. The van der Waals surface area contributed by atoms with Gasteiger partial charge in [-0.1, -0.05) is 12.1 Å². The molecule has 0 aliphatic rings. The highest BCUT2D eigenvalue weighted by molar-refractivity contribution is 6.01. The number of benzene rings is 3. The SMILES string of the molecule is CC(OC(O)Nc1ccc(C(N)=NC=Nc2ccc(OC(F)(F)F)cc2)cc1)c1ccc(O)cc1. The quantitative estimate of drug-likeness (QED) is 0.195. The molecule has 5 N–H and O–H groups in total. The van der Waals surface area contributed by atoms with Gasteiger partial charge >= 0.3 is 6.36 Å². The molecule has 11 heteroatoms. The molecule has 3 aromatic rings. The van der Waals surface area contributed by atoms with Gasteiger partial charge in [0.05, 0.1) is 11.8 Å². The zero-order valence-corrected chi connectivity index (χ0v) is 18.5. The number of aromatic hydroxyl groups is 1. The van der Waals surface area contributed by atoms with Crippen LogP contribution >= 0.6 is 0 Å². The molecule has 0 aliphatic heterocycles. The summed E-state index contributed by atoms with van der Waals surface area (Å²) in [7, 11) is 0. The number of aliphatic hydroxyl groups is 1. The summed E-state index contributed by atoms with van der Waals surface area (Å²) in [5, 5.41) is 22.3. The van der Waals surface area contributed by atoms with Crippen LogP contribution in [0.15, 0.2) is 82.8 Å². The molecular weight excluding hydrogens is 465 g/mol. The van der Waals surface area contributed by atoms with E-state index in [4.69, 9.17) is 10.5 Å². The molecule has 35 heavy (non-hydrogen) atoms. The number of nitrogens with one attached hydrogen (secondary N) is 1. The largest absolute Gasteiger partial charge is 0.573 e. The number of amidine groups is 1. The van der Waals surface area contributed by atoms with Crippen LogP contribution in [0.4, 0.5) is 24.5 Å². The van der Waals surface area contributed by atoms with E-state index in [1.807, 2.05) is 0 Å². The highest BCUT2D eigenvalue weighted by Crippen LogP contribution is 2.25. The molecule has 0 heterocycles. The molecule has 0 bridgehead atoms.